The minimum Gasteiger partial charge on any atom is -0.208 e. The average Bonchev–Trinajstić information content (AvgIpc) is 3.66. The Morgan fingerprint density at radius 1 is 0.286 bits per heavy atom. The third kappa shape index (κ3) is 6.04. The van der Waals surface area contributed by atoms with Crippen molar-refractivity contribution < 1.29 is 0 Å². The molecule has 0 aliphatic heterocycles. The molecule has 0 fully saturated rings. The van der Waals surface area contributed by atoms with E-state index >= 15 is 0 Å². The highest BCUT2D eigenvalue weighted by molar-refractivity contribution is 7.26. The van der Waals surface area contributed by atoms with Gasteiger partial charge in [0.15, 0.2) is 25.5 Å². The van der Waals surface area contributed by atoms with Crippen LogP contribution in [0.4, 0.5) is 0 Å². The van der Waals surface area contributed by atoms with Crippen molar-refractivity contribution in [2.24, 2.45) is 0 Å². The molecule has 1 unspecified atom stereocenters. The van der Waals surface area contributed by atoms with Crippen LogP contribution in [0.15, 0.2) is 212 Å². The molecule has 2 aromatic heterocycles. The first-order chi connectivity index (χ1) is 27.7. The number of thiophene rings is 1. The lowest BCUT2D eigenvalue weighted by Crippen LogP contribution is -2.74. The van der Waals surface area contributed by atoms with Crippen molar-refractivity contribution >= 4 is 60.3 Å². The van der Waals surface area contributed by atoms with E-state index in [2.05, 4.69) is 152 Å². The Bertz CT molecular complexity index is 2880. The fraction of sp³-hybridized carbons (Fsp3) is 0. The van der Waals surface area contributed by atoms with Gasteiger partial charge < -0.3 is 0 Å². The van der Waals surface area contributed by atoms with Crippen LogP contribution < -0.4 is 20.7 Å². The van der Waals surface area contributed by atoms with Crippen LogP contribution in [-0.2, 0) is 0 Å². The Kier molecular flexibility index (Phi) is 8.71. The minimum atomic E-state index is -2.90. The maximum atomic E-state index is 5.05. The third-order valence-corrected chi connectivity index (χ3v) is 16.6. The number of hydrogen-bond acceptors (Lipinski definition) is 4. The summed E-state index contributed by atoms with van der Waals surface area (Å²) >= 11 is 1.86. The summed E-state index contributed by atoms with van der Waals surface area (Å²) in [6, 6.07) is 76.5. The van der Waals surface area contributed by atoms with Gasteiger partial charge in [0.25, 0.3) is 0 Å². The highest BCUT2D eigenvalue weighted by Gasteiger charge is 2.41. The quantitative estimate of drug-likeness (QED) is 0.115. The van der Waals surface area contributed by atoms with Gasteiger partial charge in [-0.3, -0.25) is 0 Å². The molecule has 0 radical (unpaired) electrons. The van der Waals surface area contributed by atoms with E-state index in [1.807, 2.05) is 72.0 Å². The lowest BCUT2D eigenvalue weighted by molar-refractivity contribution is 1.07. The second-order valence-corrected chi connectivity index (χ2v) is 18.9. The predicted molar refractivity (Wildman–Crippen MR) is 238 cm³/mol. The molecule has 0 bridgehead atoms. The van der Waals surface area contributed by atoms with E-state index < -0.39 is 8.07 Å². The number of nitrogens with zero attached hydrogens (tertiary/aromatic N) is 3. The van der Waals surface area contributed by atoms with E-state index in [0.717, 1.165) is 16.7 Å². The van der Waals surface area contributed by atoms with Crippen molar-refractivity contribution in [2.75, 3.05) is 0 Å². The number of rotatable bonds is 8. The van der Waals surface area contributed by atoms with Gasteiger partial charge in [-0.1, -0.05) is 200 Å². The second-order valence-electron chi connectivity index (χ2n) is 14.0. The molecule has 1 atom stereocenters. The predicted octanol–water partition coefficient (Wildman–Crippen LogP) is 10.3. The number of benzene rings is 8. The van der Waals surface area contributed by atoms with Crippen molar-refractivity contribution in [1.82, 2.24) is 15.0 Å². The molecule has 10 aromatic rings. The third-order valence-electron chi connectivity index (χ3n) is 10.7. The molecule has 0 saturated heterocycles. The van der Waals surface area contributed by atoms with Crippen LogP contribution in [0.3, 0.4) is 0 Å². The number of hydrogen-bond donors (Lipinski definition) is 0. The van der Waals surface area contributed by atoms with Gasteiger partial charge in [-0.2, -0.15) is 0 Å². The molecular weight excluding hydrogens is 715 g/mol. The van der Waals surface area contributed by atoms with E-state index in [-0.39, 0.29) is 0 Å². The van der Waals surface area contributed by atoms with E-state index in [1.54, 1.807) is 0 Å². The SMILES string of the molecule is c1ccc(-c2ccc([Si](c3ccccc3)(c3ccc(-c4nc(-c5ccccc5)nc(-c5ccccc5)n4)cc3)c3ccc4sc5ccccc5c4c3)cc2)cc1. The van der Waals surface area contributed by atoms with E-state index in [9.17, 15) is 0 Å². The standard InChI is InChI=1S/C51H35N3SSi/c1-5-15-36(16-6-1)37-25-29-42(30-26-37)56(41-21-11-4-12-22-41,44-33-34-48-46(35-44)45-23-13-14-24-47(45)55-48)43-31-27-40(28-32-43)51-53-49(38-17-7-2-8-18-38)52-50(54-51)39-19-9-3-10-20-39/h1-35H. The Balaban J connectivity index is 1.19. The molecule has 10 rings (SSSR count). The van der Waals surface area contributed by atoms with E-state index in [0.29, 0.717) is 17.5 Å². The molecule has 56 heavy (non-hydrogen) atoms. The number of aromatic nitrogens is 3. The van der Waals surface area contributed by atoms with Gasteiger partial charge in [0.1, 0.15) is 0 Å². The molecule has 3 nitrogen and oxygen atoms in total. The maximum Gasteiger partial charge on any atom is 0.179 e. The minimum absolute atomic E-state index is 0.648. The zero-order valence-electron chi connectivity index (χ0n) is 30.5. The summed E-state index contributed by atoms with van der Waals surface area (Å²) in [7, 11) is -2.90. The Morgan fingerprint density at radius 3 is 1.21 bits per heavy atom. The van der Waals surface area contributed by atoms with Gasteiger partial charge in [-0.25, -0.2) is 15.0 Å². The van der Waals surface area contributed by atoms with Gasteiger partial charge in [0, 0.05) is 36.9 Å². The first kappa shape index (κ1) is 33.8. The lowest BCUT2D eigenvalue weighted by Gasteiger charge is -2.34. The Morgan fingerprint density at radius 2 is 0.661 bits per heavy atom. The normalized spacial score (nSPS) is 12.4. The first-order valence-corrected chi connectivity index (χ1v) is 21.7. The highest BCUT2D eigenvalue weighted by Crippen LogP contribution is 2.33. The van der Waals surface area contributed by atoms with Crippen molar-refractivity contribution in [1.29, 1.82) is 0 Å². The monoisotopic (exact) mass is 749 g/mol. The summed E-state index contributed by atoms with van der Waals surface area (Å²) in [5, 5.41) is 7.90. The van der Waals surface area contributed by atoms with Crippen molar-refractivity contribution in [3.63, 3.8) is 0 Å². The zero-order valence-corrected chi connectivity index (χ0v) is 32.3. The molecule has 5 heteroatoms. The Labute approximate surface area is 331 Å². The summed E-state index contributed by atoms with van der Waals surface area (Å²) in [5.74, 6) is 1.96. The van der Waals surface area contributed by atoms with Crippen LogP contribution in [0.5, 0.6) is 0 Å². The van der Waals surface area contributed by atoms with Gasteiger partial charge in [0.2, 0.25) is 0 Å². The summed E-state index contributed by atoms with van der Waals surface area (Å²) in [5.41, 5.74) is 5.27. The smallest absolute Gasteiger partial charge is 0.179 e. The van der Waals surface area contributed by atoms with Crippen LogP contribution in [0.1, 0.15) is 0 Å². The average molecular weight is 750 g/mol. The van der Waals surface area contributed by atoms with Crippen LogP contribution in [0, 0.1) is 0 Å². The zero-order chi connectivity index (χ0) is 37.3. The van der Waals surface area contributed by atoms with Crippen LogP contribution in [0.2, 0.25) is 0 Å². The molecule has 0 amide bonds. The van der Waals surface area contributed by atoms with Crippen molar-refractivity contribution in [3.8, 4) is 45.3 Å². The highest BCUT2D eigenvalue weighted by atomic mass is 32.1. The fourth-order valence-electron chi connectivity index (χ4n) is 8.00. The first-order valence-electron chi connectivity index (χ1n) is 18.9. The van der Waals surface area contributed by atoms with Crippen LogP contribution in [-0.4, -0.2) is 23.0 Å². The summed E-state index contributed by atoms with van der Waals surface area (Å²) in [4.78, 5) is 15.0. The van der Waals surface area contributed by atoms with Gasteiger partial charge >= 0.3 is 0 Å². The summed E-state index contributed by atoms with van der Waals surface area (Å²) in [6.45, 7) is 0. The van der Waals surface area contributed by atoms with Crippen LogP contribution in [0.25, 0.3) is 65.5 Å². The molecular formula is C51H35N3SSi. The van der Waals surface area contributed by atoms with Gasteiger partial charge in [-0.05, 0) is 44.0 Å². The van der Waals surface area contributed by atoms with Crippen molar-refractivity contribution in [3.05, 3.63) is 212 Å². The summed E-state index contributed by atoms with van der Waals surface area (Å²) in [6.07, 6.45) is 0. The molecule has 0 N–H and O–H groups in total. The fourth-order valence-corrected chi connectivity index (χ4v) is 13.8. The molecule has 0 saturated carbocycles. The molecule has 8 aromatic carbocycles. The van der Waals surface area contributed by atoms with E-state index in [1.165, 1.54) is 52.0 Å². The van der Waals surface area contributed by atoms with Gasteiger partial charge in [0.05, 0.1) is 0 Å². The molecule has 0 aliphatic carbocycles. The molecule has 264 valence electrons. The number of fused-ring (bicyclic) bond motifs is 3. The molecule has 2 heterocycles. The second kappa shape index (κ2) is 14.5. The van der Waals surface area contributed by atoms with E-state index in [4.69, 9.17) is 15.0 Å². The topological polar surface area (TPSA) is 38.7 Å². The van der Waals surface area contributed by atoms with Crippen molar-refractivity contribution in [2.45, 2.75) is 0 Å². The molecule has 0 spiro atoms. The summed E-state index contributed by atoms with van der Waals surface area (Å²) < 4.78 is 2.62. The van der Waals surface area contributed by atoms with Gasteiger partial charge in [-0.15, -0.1) is 11.3 Å². The lowest BCUT2D eigenvalue weighted by atomic mass is 10.1. The molecule has 0 aliphatic rings. The largest absolute Gasteiger partial charge is 0.208 e. The maximum absolute atomic E-state index is 5.05. The van der Waals surface area contributed by atoms with Crippen LogP contribution >= 0.6 is 11.3 Å². The Hall–Kier alpha value is -6.79.